The number of carbonyl (C=O) groups is 3. The molecule has 0 aromatic heterocycles. The third-order valence-corrected chi connectivity index (χ3v) is 4.86. The molecule has 0 radical (unpaired) electrons. The highest BCUT2D eigenvalue weighted by Gasteiger charge is 2.33. The van der Waals surface area contributed by atoms with Gasteiger partial charge in [0.2, 0.25) is 5.91 Å². The largest absolute Gasteiger partial charge is 0.460 e. The van der Waals surface area contributed by atoms with E-state index in [1.807, 2.05) is 24.3 Å². The zero-order valence-electron chi connectivity index (χ0n) is 17.9. The van der Waals surface area contributed by atoms with Gasteiger partial charge in [-0.15, -0.1) is 0 Å². The van der Waals surface area contributed by atoms with Crippen LogP contribution in [0.5, 0.6) is 0 Å². The summed E-state index contributed by atoms with van der Waals surface area (Å²) in [4.78, 5) is 38.3. The van der Waals surface area contributed by atoms with Crippen molar-refractivity contribution in [3.05, 3.63) is 108 Å². The second kappa shape index (κ2) is 12.2. The molecular weight excluding hydrogens is 422 g/mol. The van der Waals surface area contributed by atoms with Crippen LogP contribution >= 0.6 is 0 Å². The van der Waals surface area contributed by atoms with Gasteiger partial charge in [0.1, 0.15) is 13.2 Å². The number of hydrogen-bond acceptors (Lipinski definition) is 6. The fourth-order valence-corrected chi connectivity index (χ4v) is 3.12. The molecule has 2 atom stereocenters. The van der Waals surface area contributed by atoms with Crippen molar-refractivity contribution < 1.29 is 29.0 Å². The Hall–Kier alpha value is -3.97. The van der Waals surface area contributed by atoms with Crippen LogP contribution in [0.2, 0.25) is 0 Å². The van der Waals surface area contributed by atoms with Crippen LogP contribution in [0.1, 0.15) is 22.6 Å². The number of aliphatic hydroxyl groups is 1. The first-order chi connectivity index (χ1) is 16.1. The van der Waals surface area contributed by atoms with Crippen molar-refractivity contribution in [3.8, 4) is 0 Å². The molecule has 1 unspecified atom stereocenters. The molecular formula is C26H25NO6. The molecule has 0 bridgehead atoms. The number of amides is 1. The summed E-state index contributed by atoms with van der Waals surface area (Å²) in [5.41, 5.74) is 1.94. The molecule has 170 valence electrons. The molecule has 1 amide bonds. The summed E-state index contributed by atoms with van der Waals surface area (Å²) < 4.78 is 10.6. The Balaban J connectivity index is 1.67. The molecule has 0 saturated carbocycles. The van der Waals surface area contributed by atoms with Crippen LogP contribution < -0.4 is 5.32 Å². The highest BCUT2D eigenvalue weighted by Crippen LogP contribution is 2.19. The van der Waals surface area contributed by atoms with Crippen LogP contribution in [-0.2, 0) is 37.1 Å². The number of aliphatic hydroxyl groups excluding tert-OH is 1. The Morgan fingerprint density at radius 3 is 1.64 bits per heavy atom. The van der Waals surface area contributed by atoms with E-state index in [0.717, 1.165) is 11.1 Å². The van der Waals surface area contributed by atoms with Crippen LogP contribution in [0.4, 0.5) is 0 Å². The number of hydrogen-bond donors (Lipinski definition) is 2. The summed E-state index contributed by atoms with van der Waals surface area (Å²) in [6.45, 7) is -0.688. The fourth-order valence-electron chi connectivity index (χ4n) is 3.12. The normalized spacial score (nSPS) is 12.3. The zero-order chi connectivity index (χ0) is 23.5. The van der Waals surface area contributed by atoms with E-state index in [1.165, 1.54) is 0 Å². The summed E-state index contributed by atoms with van der Waals surface area (Å²) in [5, 5.41) is 12.1. The molecule has 3 aromatic rings. The molecule has 0 saturated heterocycles. The van der Waals surface area contributed by atoms with Crippen molar-refractivity contribution in [1.82, 2.24) is 5.32 Å². The first-order valence-electron chi connectivity index (χ1n) is 10.5. The van der Waals surface area contributed by atoms with Crippen molar-refractivity contribution in [3.63, 3.8) is 0 Å². The summed E-state index contributed by atoms with van der Waals surface area (Å²) in [5.74, 6) is -3.66. The van der Waals surface area contributed by atoms with Crippen molar-refractivity contribution in [2.45, 2.75) is 25.2 Å². The van der Waals surface area contributed by atoms with Crippen LogP contribution in [-0.4, -0.2) is 35.6 Å². The molecule has 0 aliphatic carbocycles. The molecule has 2 N–H and O–H groups in total. The summed E-state index contributed by atoms with van der Waals surface area (Å²) >= 11 is 0. The number of rotatable bonds is 10. The maximum Gasteiger partial charge on any atom is 0.331 e. The highest BCUT2D eigenvalue weighted by molar-refractivity contribution is 6.04. The first-order valence-corrected chi connectivity index (χ1v) is 10.5. The molecule has 0 fully saturated rings. The summed E-state index contributed by atoms with van der Waals surface area (Å²) in [6.07, 6.45) is 0. The van der Waals surface area contributed by atoms with E-state index in [9.17, 15) is 19.5 Å². The van der Waals surface area contributed by atoms with Crippen LogP contribution in [0.15, 0.2) is 91.0 Å². The van der Waals surface area contributed by atoms with Crippen LogP contribution in [0.3, 0.4) is 0 Å². The first kappa shape index (κ1) is 23.7. The van der Waals surface area contributed by atoms with Gasteiger partial charge in [0, 0.05) is 0 Å². The lowest BCUT2D eigenvalue weighted by Crippen LogP contribution is -2.47. The van der Waals surface area contributed by atoms with Gasteiger partial charge in [-0.25, -0.2) is 4.79 Å². The lowest BCUT2D eigenvalue weighted by atomic mass is 9.98. The molecule has 7 heteroatoms. The molecule has 7 nitrogen and oxygen atoms in total. The maximum atomic E-state index is 13.0. The SMILES string of the molecule is O=C(N[C@@H](CO)C(=O)OCc1ccccc1)C(C(=O)OCc1ccccc1)c1ccccc1. The molecule has 33 heavy (non-hydrogen) atoms. The number of ether oxygens (including phenoxy) is 2. The quantitative estimate of drug-likeness (QED) is 0.366. The standard InChI is InChI=1S/C26H25NO6/c28-16-22(25(30)32-17-19-10-4-1-5-11-19)27-24(29)23(21-14-8-3-9-15-21)26(31)33-18-20-12-6-2-7-13-20/h1-15,22-23,28H,16-18H2,(H,27,29)/t22-,23?/m0/s1. The Kier molecular flexibility index (Phi) is 8.73. The van der Waals surface area contributed by atoms with Crippen molar-refractivity contribution in [1.29, 1.82) is 0 Å². The van der Waals surface area contributed by atoms with E-state index in [-0.39, 0.29) is 13.2 Å². The van der Waals surface area contributed by atoms with Gasteiger partial charge in [-0.1, -0.05) is 91.0 Å². The Morgan fingerprint density at radius 2 is 1.15 bits per heavy atom. The van der Waals surface area contributed by atoms with E-state index >= 15 is 0 Å². The van der Waals surface area contributed by atoms with E-state index in [2.05, 4.69) is 5.32 Å². The molecule has 0 aliphatic heterocycles. The predicted molar refractivity (Wildman–Crippen MR) is 121 cm³/mol. The number of benzene rings is 3. The Morgan fingerprint density at radius 1 is 0.697 bits per heavy atom. The average molecular weight is 447 g/mol. The zero-order valence-corrected chi connectivity index (χ0v) is 17.9. The van der Waals surface area contributed by atoms with Crippen LogP contribution in [0.25, 0.3) is 0 Å². The molecule has 0 spiro atoms. The van der Waals surface area contributed by atoms with Crippen molar-refractivity contribution in [2.24, 2.45) is 0 Å². The van der Waals surface area contributed by atoms with Crippen molar-refractivity contribution in [2.75, 3.05) is 6.61 Å². The van der Waals surface area contributed by atoms with Crippen molar-refractivity contribution >= 4 is 17.8 Å². The predicted octanol–water partition coefficient (Wildman–Crippen LogP) is 2.73. The third kappa shape index (κ3) is 7.02. The van der Waals surface area contributed by atoms with Gasteiger partial charge in [0.25, 0.3) is 0 Å². The van der Waals surface area contributed by atoms with Gasteiger partial charge in [0.15, 0.2) is 12.0 Å². The van der Waals surface area contributed by atoms with Gasteiger partial charge in [-0.3, -0.25) is 9.59 Å². The molecule has 3 rings (SSSR count). The lowest BCUT2D eigenvalue weighted by Gasteiger charge is -2.20. The minimum atomic E-state index is -1.32. The van der Waals surface area contributed by atoms with Crippen LogP contribution in [0, 0.1) is 0 Å². The second-order valence-corrected chi connectivity index (χ2v) is 7.27. The van der Waals surface area contributed by atoms with Gasteiger partial charge in [-0.05, 0) is 16.7 Å². The van der Waals surface area contributed by atoms with E-state index in [4.69, 9.17) is 9.47 Å². The number of esters is 2. The highest BCUT2D eigenvalue weighted by atomic mass is 16.5. The van der Waals surface area contributed by atoms with Gasteiger partial charge < -0.3 is 19.9 Å². The Bertz CT molecular complexity index is 1040. The van der Waals surface area contributed by atoms with Gasteiger partial charge >= 0.3 is 11.9 Å². The average Bonchev–Trinajstić information content (AvgIpc) is 2.86. The smallest absolute Gasteiger partial charge is 0.331 e. The fraction of sp³-hybridized carbons (Fsp3) is 0.192. The minimum absolute atomic E-state index is 0.00116. The lowest BCUT2D eigenvalue weighted by molar-refractivity contribution is -0.154. The van der Waals surface area contributed by atoms with E-state index in [1.54, 1.807) is 66.7 Å². The molecule has 3 aromatic carbocycles. The summed E-state index contributed by atoms with van der Waals surface area (Å²) in [6, 6.07) is 25.2. The minimum Gasteiger partial charge on any atom is -0.460 e. The van der Waals surface area contributed by atoms with E-state index in [0.29, 0.717) is 5.56 Å². The molecule has 0 aliphatic rings. The molecule has 0 heterocycles. The third-order valence-electron chi connectivity index (χ3n) is 4.86. The second-order valence-electron chi connectivity index (χ2n) is 7.27. The monoisotopic (exact) mass is 447 g/mol. The Labute approximate surface area is 192 Å². The van der Waals surface area contributed by atoms with Gasteiger partial charge in [0.05, 0.1) is 6.61 Å². The number of nitrogens with one attached hydrogen (secondary N) is 1. The topological polar surface area (TPSA) is 102 Å². The van der Waals surface area contributed by atoms with Gasteiger partial charge in [-0.2, -0.15) is 0 Å². The van der Waals surface area contributed by atoms with E-state index < -0.39 is 36.4 Å². The maximum absolute atomic E-state index is 13.0. The summed E-state index contributed by atoms with van der Waals surface area (Å²) in [7, 11) is 0. The number of carbonyl (C=O) groups excluding carboxylic acids is 3.